The third-order valence-corrected chi connectivity index (χ3v) is 5.42. The smallest absolute Gasteiger partial charge is 0.282 e. The Kier molecular flexibility index (Phi) is 6.24. The Hall–Kier alpha value is -3.97. The van der Waals surface area contributed by atoms with Gasteiger partial charge >= 0.3 is 0 Å². The van der Waals surface area contributed by atoms with Crippen LogP contribution in [-0.4, -0.2) is 33.1 Å². The van der Waals surface area contributed by atoms with Crippen LogP contribution in [0.5, 0.6) is 17.2 Å². The van der Waals surface area contributed by atoms with E-state index in [0.717, 1.165) is 4.90 Å². The number of hydrogen-bond acceptors (Lipinski definition) is 6. The quantitative estimate of drug-likeness (QED) is 0.508. The van der Waals surface area contributed by atoms with Gasteiger partial charge in [-0.25, -0.2) is 4.90 Å². The second-order valence-electron chi connectivity index (χ2n) is 7.10. The Morgan fingerprint density at radius 1 is 0.788 bits per heavy atom. The van der Waals surface area contributed by atoms with Gasteiger partial charge in [0.05, 0.1) is 32.6 Å². The number of benzene rings is 3. The van der Waals surface area contributed by atoms with Crippen LogP contribution in [0.3, 0.4) is 0 Å². The summed E-state index contributed by atoms with van der Waals surface area (Å²) in [5.74, 6) is 0.465. The maximum absolute atomic E-state index is 13.6. The van der Waals surface area contributed by atoms with Crippen LogP contribution in [-0.2, 0) is 9.59 Å². The van der Waals surface area contributed by atoms with Crippen molar-refractivity contribution in [1.82, 2.24) is 0 Å². The van der Waals surface area contributed by atoms with Crippen LogP contribution in [0, 0.1) is 0 Å². The number of nitrogens with one attached hydrogen (secondary N) is 1. The molecular formula is C25H21ClN2O5. The fourth-order valence-electron chi connectivity index (χ4n) is 3.59. The van der Waals surface area contributed by atoms with E-state index in [1.54, 1.807) is 66.7 Å². The third kappa shape index (κ3) is 4.23. The second kappa shape index (κ2) is 9.26. The number of carbonyl (C=O) groups is 2. The molecule has 0 radical (unpaired) electrons. The zero-order valence-corrected chi connectivity index (χ0v) is 19.0. The summed E-state index contributed by atoms with van der Waals surface area (Å²) in [6.45, 7) is 0. The molecule has 0 aliphatic carbocycles. The van der Waals surface area contributed by atoms with Crippen molar-refractivity contribution >= 4 is 40.4 Å². The first-order valence-corrected chi connectivity index (χ1v) is 10.4. The standard InChI is InChI=1S/C25H21ClN2O5/c1-31-18-12-17(13-19(14-18)32-2)27-23-22(15-8-10-16(26)11-9-15)24(29)28(25(23)30)20-6-4-5-7-21(20)33-3/h4-14,27H,1-3H3. The third-order valence-electron chi connectivity index (χ3n) is 5.16. The van der Waals surface area contributed by atoms with Crippen molar-refractivity contribution in [2.75, 3.05) is 31.5 Å². The largest absolute Gasteiger partial charge is 0.497 e. The minimum atomic E-state index is -0.517. The molecule has 33 heavy (non-hydrogen) atoms. The van der Waals surface area contributed by atoms with E-state index >= 15 is 0 Å². The lowest BCUT2D eigenvalue weighted by molar-refractivity contribution is -0.120. The number of halogens is 1. The molecule has 168 valence electrons. The Morgan fingerprint density at radius 2 is 1.42 bits per heavy atom. The molecule has 0 spiro atoms. The minimum absolute atomic E-state index is 0.114. The van der Waals surface area contributed by atoms with Crippen molar-refractivity contribution in [3.8, 4) is 17.2 Å². The lowest BCUT2D eigenvalue weighted by Gasteiger charge is -2.18. The van der Waals surface area contributed by atoms with E-state index in [1.165, 1.54) is 21.3 Å². The molecular weight excluding hydrogens is 444 g/mol. The van der Waals surface area contributed by atoms with Gasteiger partial charge in [0.15, 0.2) is 0 Å². The number of methoxy groups -OCH3 is 3. The monoisotopic (exact) mass is 464 g/mol. The molecule has 0 saturated carbocycles. The number of ether oxygens (including phenoxy) is 3. The summed E-state index contributed by atoms with van der Waals surface area (Å²) in [6, 6.07) is 18.7. The zero-order valence-electron chi connectivity index (χ0n) is 18.2. The van der Waals surface area contributed by atoms with Crippen LogP contribution in [0.4, 0.5) is 11.4 Å². The number of carbonyl (C=O) groups excluding carboxylic acids is 2. The van der Waals surface area contributed by atoms with Gasteiger partial charge in [0.25, 0.3) is 11.8 Å². The number of nitrogens with zero attached hydrogens (tertiary/aromatic N) is 1. The normalized spacial score (nSPS) is 13.4. The van der Waals surface area contributed by atoms with E-state index in [2.05, 4.69) is 5.32 Å². The molecule has 0 bridgehead atoms. The first-order chi connectivity index (χ1) is 16.0. The summed E-state index contributed by atoms with van der Waals surface area (Å²) < 4.78 is 16.0. The second-order valence-corrected chi connectivity index (χ2v) is 7.54. The molecule has 0 unspecified atom stereocenters. The van der Waals surface area contributed by atoms with Gasteiger partial charge in [-0.15, -0.1) is 0 Å². The highest BCUT2D eigenvalue weighted by molar-refractivity contribution is 6.46. The fourth-order valence-corrected chi connectivity index (χ4v) is 3.71. The topological polar surface area (TPSA) is 77.1 Å². The van der Waals surface area contributed by atoms with Gasteiger partial charge in [-0.1, -0.05) is 35.9 Å². The first-order valence-electron chi connectivity index (χ1n) is 9.99. The predicted octanol–water partition coefficient (Wildman–Crippen LogP) is 4.76. The van der Waals surface area contributed by atoms with Gasteiger partial charge in [-0.05, 0) is 29.8 Å². The number of hydrogen-bond donors (Lipinski definition) is 1. The van der Waals surface area contributed by atoms with Crippen LogP contribution in [0.25, 0.3) is 5.57 Å². The molecule has 4 rings (SSSR count). The van der Waals surface area contributed by atoms with Crippen LogP contribution in [0.1, 0.15) is 5.56 Å². The molecule has 0 atom stereocenters. The molecule has 7 nitrogen and oxygen atoms in total. The summed E-state index contributed by atoms with van der Waals surface area (Å²) in [5.41, 5.74) is 1.75. The summed E-state index contributed by atoms with van der Waals surface area (Å²) in [5, 5.41) is 3.62. The number of anilines is 2. The van der Waals surface area contributed by atoms with Gasteiger partial charge in [0, 0.05) is 28.9 Å². The van der Waals surface area contributed by atoms with Crippen molar-refractivity contribution in [1.29, 1.82) is 0 Å². The van der Waals surface area contributed by atoms with Gasteiger partial charge in [-0.3, -0.25) is 9.59 Å². The van der Waals surface area contributed by atoms with Gasteiger partial charge < -0.3 is 19.5 Å². The predicted molar refractivity (Wildman–Crippen MR) is 127 cm³/mol. The highest BCUT2D eigenvalue weighted by Gasteiger charge is 2.41. The molecule has 3 aromatic carbocycles. The van der Waals surface area contributed by atoms with Crippen molar-refractivity contribution in [3.63, 3.8) is 0 Å². The zero-order chi connectivity index (χ0) is 23.5. The maximum Gasteiger partial charge on any atom is 0.282 e. The SMILES string of the molecule is COc1cc(NC2=C(c3ccc(Cl)cc3)C(=O)N(c3ccccc3OC)C2=O)cc(OC)c1. The molecule has 0 fully saturated rings. The summed E-state index contributed by atoms with van der Waals surface area (Å²) in [4.78, 5) is 28.3. The van der Waals surface area contributed by atoms with Gasteiger partial charge in [0.2, 0.25) is 0 Å². The lowest BCUT2D eigenvalue weighted by atomic mass is 10.0. The van der Waals surface area contributed by atoms with Crippen LogP contribution in [0.2, 0.25) is 5.02 Å². The van der Waals surface area contributed by atoms with Crippen molar-refractivity contribution in [2.24, 2.45) is 0 Å². The highest BCUT2D eigenvalue weighted by atomic mass is 35.5. The molecule has 8 heteroatoms. The Balaban J connectivity index is 1.85. The average Bonchev–Trinajstić information content (AvgIpc) is 3.08. The molecule has 2 amide bonds. The van der Waals surface area contributed by atoms with Crippen molar-refractivity contribution in [3.05, 3.63) is 83.0 Å². The molecule has 0 aromatic heterocycles. The van der Waals surface area contributed by atoms with E-state index < -0.39 is 11.8 Å². The average molecular weight is 465 g/mol. The van der Waals surface area contributed by atoms with E-state index in [4.69, 9.17) is 25.8 Å². The molecule has 3 aromatic rings. The van der Waals surface area contributed by atoms with E-state index in [0.29, 0.717) is 39.2 Å². The maximum atomic E-state index is 13.6. The van der Waals surface area contributed by atoms with E-state index in [1.807, 2.05) is 0 Å². The van der Waals surface area contributed by atoms with Crippen molar-refractivity contribution in [2.45, 2.75) is 0 Å². The van der Waals surface area contributed by atoms with E-state index in [9.17, 15) is 9.59 Å². The summed E-state index contributed by atoms with van der Waals surface area (Å²) in [6.07, 6.45) is 0. The number of imide groups is 1. The molecule has 1 aliphatic heterocycles. The summed E-state index contributed by atoms with van der Waals surface area (Å²) in [7, 11) is 4.55. The summed E-state index contributed by atoms with van der Waals surface area (Å²) >= 11 is 6.04. The van der Waals surface area contributed by atoms with E-state index in [-0.39, 0.29) is 11.3 Å². The lowest BCUT2D eigenvalue weighted by Crippen LogP contribution is -2.32. The molecule has 1 N–H and O–H groups in total. The molecule has 1 heterocycles. The van der Waals surface area contributed by atoms with Crippen LogP contribution >= 0.6 is 11.6 Å². The first kappa shape index (κ1) is 22.2. The Labute approximate surface area is 196 Å². The fraction of sp³-hybridized carbons (Fsp3) is 0.120. The van der Waals surface area contributed by atoms with Gasteiger partial charge in [-0.2, -0.15) is 0 Å². The number of rotatable bonds is 7. The van der Waals surface area contributed by atoms with Gasteiger partial charge in [0.1, 0.15) is 22.9 Å². The molecule has 0 saturated heterocycles. The number of amides is 2. The minimum Gasteiger partial charge on any atom is -0.497 e. The van der Waals surface area contributed by atoms with Crippen LogP contribution < -0.4 is 24.4 Å². The van der Waals surface area contributed by atoms with Crippen molar-refractivity contribution < 1.29 is 23.8 Å². The number of para-hydroxylation sites is 2. The molecule has 1 aliphatic rings. The Morgan fingerprint density at radius 3 is 2.03 bits per heavy atom. The van der Waals surface area contributed by atoms with Crippen LogP contribution in [0.15, 0.2) is 72.4 Å². The highest BCUT2D eigenvalue weighted by Crippen LogP contribution is 2.38. The Bertz CT molecular complexity index is 1230.